The highest BCUT2D eigenvalue weighted by atomic mass is 32.2. The fourth-order valence-corrected chi connectivity index (χ4v) is 1.17. The van der Waals surface area contributed by atoms with Crippen LogP contribution in [-0.2, 0) is 10.1 Å². The number of nitrogen functional groups attached to an aromatic ring is 2. The Morgan fingerprint density at radius 1 is 1.45 bits per heavy atom. The lowest BCUT2D eigenvalue weighted by Crippen LogP contribution is -1.99. The lowest BCUT2D eigenvalue weighted by Gasteiger charge is -1.89. The van der Waals surface area contributed by atoms with E-state index in [4.69, 9.17) is 16.0 Å². The van der Waals surface area contributed by atoms with Gasteiger partial charge in [-0.05, 0) is 0 Å². The molecule has 1 heterocycles. The van der Waals surface area contributed by atoms with Crippen LogP contribution in [0, 0.1) is 0 Å². The summed E-state index contributed by atoms with van der Waals surface area (Å²) in [6.07, 6.45) is 0. The molecule has 0 atom stereocenters. The Kier molecular flexibility index (Phi) is 1.53. The smallest absolute Gasteiger partial charge is 0.300 e. The van der Waals surface area contributed by atoms with Crippen LogP contribution in [0.5, 0.6) is 0 Å². The van der Waals surface area contributed by atoms with Crippen molar-refractivity contribution in [3.05, 3.63) is 6.07 Å². The molecule has 0 radical (unpaired) electrons. The first-order valence-corrected chi connectivity index (χ1v) is 3.97. The van der Waals surface area contributed by atoms with Crippen LogP contribution >= 0.6 is 0 Å². The van der Waals surface area contributed by atoms with E-state index in [1.807, 2.05) is 0 Å². The van der Waals surface area contributed by atoms with Gasteiger partial charge in [0, 0.05) is 6.07 Å². The fourth-order valence-electron chi connectivity index (χ4n) is 0.609. The molecule has 0 spiro atoms. The van der Waals surface area contributed by atoms with Crippen LogP contribution in [0.15, 0.2) is 15.4 Å². The van der Waals surface area contributed by atoms with Gasteiger partial charge in [0.05, 0.1) is 0 Å². The second kappa shape index (κ2) is 2.14. The summed E-state index contributed by atoms with van der Waals surface area (Å²) in [6.45, 7) is 0. The van der Waals surface area contributed by atoms with Crippen LogP contribution in [0.1, 0.15) is 0 Å². The molecule has 7 heteroatoms. The molecule has 1 aromatic heterocycles. The van der Waals surface area contributed by atoms with Crippen molar-refractivity contribution in [3.8, 4) is 0 Å². The van der Waals surface area contributed by atoms with Crippen molar-refractivity contribution in [2.75, 3.05) is 11.5 Å². The Morgan fingerprint density at radius 3 is 2.18 bits per heavy atom. The minimum atomic E-state index is -4.31. The zero-order chi connectivity index (χ0) is 8.65. The van der Waals surface area contributed by atoms with Gasteiger partial charge in [0.2, 0.25) is 5.88 Å². The Hall–Kier alpha value is -1.21. The number of rotatable bonds is 1. The molecule has 0 amide bonds. The topological polar surface area (TPSA) is 120 Å². The van der Waals surface area contributed by atoms with Gasteiger partial charge in [-0.15, -0.1) is 0 Å². The summed E-state index contributed by atoms with van der Waals surface area (Å²) in [6, 6.07) is 0.935. The van der Waals surface area contributed by atoms with Crippen LogP contribution in [0.25, 0.3) is 0 Å². The number of anilines is 2. The molecular formula is C4H6N2O4S. The lowest BCUT2D eigenvalue weighted by molar-refractivity contribution is 0.482. The predicted octanol–water partition coefficient (Wildman–Crippen LogP) is -0.309. The van der Waals surface area contributed by atoms with E-state index < -0.39 is 20.9 Å². The summed E-state index contributed by atoms with van der Waals surface area (Å²) in [5.41, 5.74) is 10.1. The third-order valence-corrected chi connectivity index (χ3v) is 1.90. The highest BCUT2D eigenvalue weighted by Crippen LogP contribution is 2.23. The van der Waals surface area contributed by atoms with Gasteiger partial charge in [-0.25, -0.2) is 0 Å². The Morgan fingerprint density at radius 2 is 2.00 bits per heavy atom. The zero-order valence-corrected chi connectivity index (χ0v) is 6.13. The average Bonchev–Trinajstić information content (AvgIpc) is 2.08. The van der Waals surface area contributed by atoms with Gasteiger partial charge in [0.1, 0.15) is 0 Å². The van der Waals surface area contributed by atoms with Gasteiger partial charge in [-0.2, -0.15) is 8.42 Å². The SMILES string of the molecule is Nc1cc(S(=O)(=O)O)c(N)o1. The van der Waals surface area contributed by atoms with Crippen molar-refractivity contribution in [1.82, 2.24) is 0 Å². The molecule has 0 aromatic carbocycles. The molecule has 0 saturated heterocycles. The molecule has 0 saturated carbocycles. The van der Waals surface area contributed by atoms with Gasteiger partial charge >= 0.3 is 0 Å². The highest BCUT2D eigenvalue weighted by molar-refractivity contribution is 7.86. The standard InChI is InChI=1S/C4H6N2O4S/c5-3-1-2(4(6)10-3)11(7,8)9/h1H,5-6H2,(H,7,8,9). The number of furan rings is 1. The molecule has 0 aliphatic rings. The van der Waals surface area contributed by atoms with E-state index in [1.165, 1.54) is 0 Å². The molecule has 5 N–H and O–H groups in total. The largest absolute Gasteiger partial charge is 0.424 e. The predicted molar refractivity (Wildman–Crippen MR) is 37.3 cm³/mol. The summed E-state index contributed by atoms with van der Waals surface area (Å²) in [7, 11) is -4.31. The second-order valence-electron chi connectivity index (χ2n) is 1.85. The van der Waals surface area contributed by atoms with E-state index in [0.717, 1.165) is 6.07 Å². The lowest BCUT2D eigenvalue weighted by atomic mass is 10.6. The minimum Gasteiger partial charge on any atom is -0.424 e. The van der Waals surface area contributed by atoms with Crippen LogP contribution in [-0.4, -0.2) is 13.0 Å². The van der Waals surface area contributed by atoms with Crippen LogP contribution in [0.2, 0.25) is 0 Å². The molecule has 62 valence electrons. The van der Waals surface area contributed by atoms with E-state index >= 15 is 0 Å². The Balaban J connectivity index is 3.36. The molecule has 6 nitrogen and oxygen atoms in total. The van der Waals surface area contributed by atoms with E-state index in [-0.39, 0.29) is 5.88 Å². The summed E-state index contributed by atoms with van der Waals surface area (Å²) in [5.74, 6) is -0.569. The van der Waals surface area contributed by atoms with Crippen LogP contribution in [0.3, 0.4) is 0 Å². The fraction of sp³-hybridized carbons (Fsp3) is 0. The van der Waals surface area contributed by atoms with E-state index in [2.05, 4.69) is 4.42 Å². The first-order chi connectivity index (χ1) is 4.91. The Labute approximate surface area is 62.5 Å². The quantitative estimate of drug-likeness (QED) is 0.507. The average molecular weight is 178 g/mol. The van der Waals surface area contributed by atoms with Gasteiger partial charge in [-0.1, -0.05) is 0 Å². The summed E-state index contributed by atoms with van der Waals surface area (Å²) >= 11 is 0. The number of nitrogens with two attached hydrogens (primary N) is 2. The molecule has 1 rings (SSSR count). The number of hydrogen-bond donors (Lipinski definition) is 3. The van der Waals surface area contributed by atoms with Crippen LogP contribution in [0.4, 0.5) is 11.8 Å². The van der Waals surface area contributed by atoms with E-state index in [9.17, 15) is 8.42 Å². The molecule has 0 aliphatic carbocycles. The maximum atomic E-state index is 10.4. The maximum absolute atomic E-state index is 10.4. The second-order valence-corrected chi connectivity index (χ2v) is 3.24. The van der Waals surface area contributed by atoms with Crippen molar-refractivity contribution in [2.45, 2.75) is 4.90 Å². The summed E-state index contributed by atoms with van der Waals surface area (Å²) < 4.78 is 33.8. The summed E-state index contributed by atoms with van der Waals surface area (Å²) in [4.78, 5) is -0.505. The molecule has 0 unspecified atom stereocenters. The molecular weight excluding hydrogens is 172 g/mol. The van der Waals surface area contributed by atoms with E-state index in [1.54, 1.807) is 0 Å². The van der Waals surface area contributed by atoms with Crippen molar-refractivity contribution in [2.24, 2.45) is 0 Å². The highest BCUT2D eigenvalue weighted by Gasteiger charge is 2.18. The maximum Gasteiger partial charge on any atom is 0.300 e. The molecule has 11 heavy (non-hydrogen) atoms. The van der Waals surface area contributed by atoms with Gasteiger partial charge in [0.25, 0.3) is 10.1 Å². The zero-order valence-electron chi connectivity index (χ0n) is 5.31. The molecule has 0 fully saturated rings. The first kappa shape index (κ1) is 7.89. The minimum absolute atomic E-state index is 0.157. The van der Waals surface area contributed by atoms with Crippen molar-refractivity contribution < 1.29 is 17.4 Å². The number of hydrogen-bond acceptors (Lipinski definition) is 5. The molecule has 0 bridgehead atoms. The van der Waals surface area contributed by atoms with Crippen molar-refractivity contribution in [3.63, 3.8) is 0 Å². The normalized spacial score (nSPS) is 11.7. The monoisotopic (exact) mass is 178 g/mol. The van der Waals surface area contributed by atoms with E-state index in [0.29, 0.717) is 0 Å². The Bertz CT molecular complexity index is 365. The van der Waals surface area contributed by atoms with Crippen LogP contribution < -0.4 is 11.5 Å². The van der Waals surface area contributed by atoms with Gasteiger partial charge in [-0.3, -0.25) is 4.55 Å². The first-order valence-electron chi connectivity index (χ1n) is 2.53. The van der Waals surface area contributed by atoms with Crippen molar-refractivity contribution >= 4 is 21.9 Å². The van der Waals surface area contributed by atoms with Crippen molar-refractivity contribution in [1.29, 1.82) is 0 Å². The third-order valence-electron chi connectivity index (χ3n) is 1.02. The molecule has 0 aliphatic heterocycles. The third kappa shape index (κ3) is 1.44. The molecule has 1 aromatic rings. The van der Waals surface area contributed by atoms with Gasteiger partial charge < -0.3 is 15.9 Å². The summed E-state index contributed by atoms with van der Waals surface area (Å²) in [5, 5.41) is 0. The van der Waals surface area contributed by atoms with Gasteiger partial charge in [0.15, 0.2) is 10.8 Å².